The molecule has 1 aliphatic heterocycles. The van der Waals surface area contributed by atoms with Gasteiger partial charge in [-0.3, -0.25) is 9.69 Å². The van der Waals surface area contributed by atoms with E-state index in [0.717, 1.165) is 31.5 Å². The maximum Gasteiger partial charge on any atom is 0.237 e. The van der Waals surface area contributed by atoms with Crippen molar-refractivity contribution in [2.75, 3.05) is 13.1 Å². The van der Waals surface area contributed by atoms with Crippen molar-refractivity contribution in [2.24, 2.45) is 11.7 Å². The zero-order valence-electron chi connectivity index (χ0n) is 14.4. The van der Waals surface area contributed by atoms with Crippen LogP contribution in [0, 0.1) is 11.7 Å². The van der Waals surface area contributed by atoms with Crippen LogP contribution in [-0.4, -0.2) is 36.0 Å². The first-order valence-corrected chi connectivity index (χ1v) is 8.95. The molecule has 3 N–H and O–H groups in total. The molecule has 0 aromatic heterocycles. The van der Waals surface area contributed by atoms with Crippen LogP contribution in [0.1, 0.15) is 38.7 Å². The molecule has 1 aromatic carbocycles. The van der Waals surface area contributed by atoms with Gasteiger partial charge in [0.1, 0.15) is 5.82 Å². The third-order valence-electron chi connectivity index (χ3n) is 4.32. The average Bonchev–Trinajstić information content (AvgIpc) is 2.50. The second-order valence-electron chi connectivity index (χ2n) is 7.05. The third kappa shape index (κ3) is 5.72. The summed E-state index contributed by atoms with van der Waals surface area (Å²) in [7, 11) is 0. The predicted octanol–water partition coefficient (Wildman–Crippen LogP) is 2.93. The number of hydrogen-bond donors (Lipinski definition) is 2. The minimum absolute atomic E-state index is 0.0737. The number of nitrogens with one attached hydrogen (secondary N) is 1. The molecule has 1 heterocycles. The zero-order chi connectivity index (χ0) is 17.7. The fourth-order valence-electron chi connectivity index (χ4n) is 3.13. The number of nitrogens with two attached hydrogens (primary N) is 1. The maximum absolute atomic E-state index is 13.1. The summed E-state index contributed by atoms with van der Waals surface area (Å²) >= 11 is 6.11. The van der Waals surface area contributed by atoms with Gasteiger partial charge in [-0.25, -0.2) is 4.39 Å². The van der Waals surface area contributed by atoms with Crippen molar-refractivity contribution in [1.29, 1.82) is 0 Å². The highest BCUT2D eigenvalue weighted by molar-refractivity contribution is 6.31. The number of benzene rings is 1. The van der Waals surface area contributed by atoms with Gasteiger partial charge < -0.3 is 11.1 Å². The quantitative estimate of drug-likeness (QED) is 0.824. The zero-order valence-corrected chi connectivity index (χ0v) is 15.2. The van der Waals surface area contributed by atoms with E-state index in [1.807, 2.05) is 0 Å². The highest BCUT2D eigenvalue weighted by atomic mass is 35.5. The molecule has 0 radical (unpaired) electrons. The fraction of sp³-hybridized carbons (Fsp3) is 0.611. The number of halogens is 2. The van der Waals surface area contributed by atoms with Gasteiger partial charge in [0.25, 0.3) is 0 Å². The van der Waals surface area contributed by atoms with E-state index in [0.29, 0.717) is 23.9 Å². The number of rotatable bonds is 6. The van der Waals surface area contributed by atoms with Gasteiger partial charge in [-0.05, 0) is 49.4 Å². The Kier molecular flexibility index (Phi) is 7.02. The second kappa shape index (κ2) is 8.79. The average molecular weight is 356 g/mol. The van der Waals surface area contributed by atoms with E-state index in [-0.39, 0.29) is 17.8 Å². The van der Waals surface area contributed by atoms with Gasteiger partial charge in [0.05, 0.1) is 6.04 Å². The molecule has 24 heavy (non-hydrogen) atoms. The third-order valence-corrected chi connectivity index (χ3v) is 4.67. The molecule has 0 aliphatic carbocycles. The summed E-state index contributed by atoms with van der Waals surface area (Å²) in [4.78, 5) is 14.4. The summed E-state index contributed by atoms with van der Waals surface area (Å²) in [6.45, 7) is 6.47. The van der Waals surface area contributed by atoms with Crippen LogP contribution in [0.5, 0.6) is 0 Å². The standard InChI is InChI=1S/C18H27ClFN3O/c1-12(2)8-17(21)18(24)22-15-4-3-7-23(11-15)10-13-5-6-14(20)9-16(13)19/h5-6,9,12,15,17H,3-4,7-8,10-11,21H2,1-2H3,(H,22,24)/t15?,17-/m0/s1. The SMILES string of the molecule is CC(C)C[C@H](N)C(=O)NC1CCCN(Cc2ccc(F)cc2Cl)C1. The molecule has 1 amide bonds. The van der Waals surface area contributed by atoms with Gasteiger partial charge in [0.15, 0.2) is 0 Å². The summed E-state index contributed by atoms with van der Waals surface area (Å²) in [6, 6.07) is 4.13. The first-order valence-electron chi connectivity index (χ1n) is 8.57. The molecule has 1 saturated heterocycles. The van der Waals surface area contributed by atoms with E-state index in [1.165, 1.54) is 12.1 Å². The number of hydrogen-bond acceptors (Lipinski definition) is 3. The van der Waals surface area contributed by atoms with Crippen LogP contribution >= 0.6 is 11.6 Å². The predicted molar refractivity (Wildman–Crippen MR) is 95.3 cm³/mol. The van der Waals surface area contributed by atoms with E-state index < -0.39 is 6.04 Å². The number of likely N-dealkylation sites (tertiary alicyclic amines) is 1. The molecule has 1 unspecified atom stereocenters. The van der Waals surface area contributed by atoms with Gasteiger partial charge in [0, 0.05) is 24.2 Å². The fourth-order valence-corrected chi connectivity index (χ4v) is 3.36. The Morgan fingerprint density at radius 1 is 1.50 bits per heavy atom. The smallest absolute Gasteiger partial charge is 0.237 e. The summed E-state index contributed by atoms with van der Waals surface area (Å²) in [6.07, 6.45) is 2.64. The Hall–Kier alpha value is -1.17. The molecule has 1 fully saturated rings. The van der Waals surface area contributed by atoms with Crippen LogP contribution in [0.2, 0.25) is 5.02 Å². The van der Waals surface area contributed by atoms with Crippen LogP contribution in [0.3, 0.4) is 0 Å². The Labute approximate surface area is 148 Å². The second-order valence-corrected chi connectivity index (χ2v) is 7.46. The molecule has 0 bridgehead atoms. The molecule has 4 nitrogen and oxygen atoms in total. The molecule has 134 valence electrons. The van der Waals surface area contributed by atoms with E-state index >= 15 is 0 Å². The molecule has 6 heteroatoms. The van der Waals surface area contributed by atoms with Gasteiger partial charge in [-0.1, -0.05) is 31.5 Å². The van der Waals surface area contributed by atoms with E-state index in [2.05, 4.69) is 24.1 Å². The molecular weight excluding hydrogens is 329 g/mol. The summed E-state index contributed by atoms with van der Waals surface area (Å²) in [5.74, 6) is -0.00346. The number of carbonyl (C=O) groups is 1. The summed E-state index contributed by atoms with van der Waals surface area (Å²) in [5, 5.41) is 3.51. The largest absolute Gasteiger partial charge is 0.351 e. The first-order chi connectivity index (χ1) is 11.3. The Morgan fingerprint density at radius 2 is 2.25 bits per heavy atom. The monoisotopic (exact) mass is 355 g/mol. The van der Waals surface area contributed by atoms with Crippen LogP contribution in [-0.2, 0) is 11.3 Å². The van der Waals surface area contributed by atoms with Gasteiger partial charge >= 0.3 is 0 Å². The van der Waals surface area contributed by atoms with Crippen molar-refractivity contribution in [1.82, 2.24) is 10.2 Å². The van der Waals surface area contributed by atoms with Gasteiger partial charge in [-0.15, -0.1) is 0 Å². The van der Waals surface area contributed by atoms with Gasteiger partial charge in [0.2, 0.25) is 5.91 Å². The lowest BCUT2D eigenvalue weighted by Gasteiger charge is -2.34. The molecule has 1 aromatic rings. The lowest BCUT2D eigenvalue weighted by atomic mass is 10.0. The molecular formula is C18H27ClFN3O. The van der Waals surface area contributed by atoms with E-state index in [1.54, 1.807) is 6.07 Å². The van der Waals surface area contributed by atoms with Crippen molar-refractivity contribution in [3.8, 4) is 0 Å². The van der Waals surface area contributed by atoms with Gasteiger partial charge in [-0.2, -0.15) is 0 Å². The maximum atomic E-state index is 13.1. The molecule has 2 atom stereocenters. The highest BCUT2D eigenvalue weighted by Crippen LogP contribution is 2.21. The number of carbonyl (C=O) groups excluding carboxylic acids is 1. The highest BCUT2D eigenvalue weighted by Gasteiger charge is 2.24. The molecule has 2 rings (SSSR count). The molecule has 0 saturated carbocycles. The van der Waals surface area contributed by atoms with Crippen molar-refractivity contribution >= 4 is 17.5 Å². The normalized spacial score (nSPS) is 20.2. The van der Waals surface area contributed by atoms with Crippen molar-refractivity contribution < 1.29 is 9.18 Å². The van der Waals surface area contributed by atoms with Crippen molar-refractivity contribution in [3.63, 3.8) is 0 Å². The van der Waals surface area contributed by atoms with Crippen molar-refractivity contribution in [3.05, 3.63) is 34.6 Å². The first kappa shape index (κ1) is 19.2. The van der Waals surface area contributed by atoms with Crippen LogP contribution in [0.15, 0.2) is 18.2 Å². The number of piperidine rings is 1. The Bertz CT molecular complexity index is 567. The Balaban J connectivity index is 1.88. The summed E-state index contributed by atoms with van der Waals surface area (Å²) < 4.78 is 13.1. The lowest BCUT2D eigenvalue weighted by Crippen LogP contribution is -2.51. The molecule has 1 aliphatic rings. The minimum atomic E-state index is -0.452. The molecule has 0 spiro atoms. The van der Waals surface area contributed by atoms with Crippen LogP contribution in [0.25, 0.3) is 0 Å². The van der Waals surface area contributed by atoms with Crippen LogP contribution in [0.4, 0.5) is 4.39 Å². The number of amides is 1. The van der Waals surface area contributed by atoms with E-state index in [4.69, 9.17) is 17.3 Å². The number of nitrogens with zero attached hydrogens (tertiary/aromatic N) is 1. The van der Waals surface area contributed by atoms with Crippen LogP contribution < -0.4 is 11.1 Å². The topological polar surface area (TPSA) is 58.4 Å². The lowest BCUT2D eigenvalue weighted by molar-refractivity contribution is -0.123. The summed E-state index contributed by atoms with van der Waals surface area (Å²) in [5.41, 5.74) is 6.85. The van der Waals surface area contributed by atoms with E-state index in [9.17, 15) is 9.18 Å². The Morgan fingerprint density at radius 3 is 2.92 bits per heavy atom. The van der Waals surface area contributed by atoms with Crippen molar-refractivity contribution in [2.45, 2.75) is 51.7 Å². The minimum Gasteiger partial charge on any atom is -0.351 e.